The summed E-state index contributed by atoms with van der Waals surface area (Å²) in [6.07, 6.45) is 0. The van der Waals surface area contributed by atoms with E-state index in [4.69, 9.17) is 11.6 Å². The van der Waals surface area contributed by atoms with Gasteiger partial charge in [0.1, 0.15) is 0 Å². The molecule has 0 saturated heterocycles. The molecule has 0 aliphatic rings. The number of guanidine groups is 1. The van der Waals surface area contributed by atoms with E-state index in [1.54, 1.807) is 30.1 Å². The number of aliphatic imine (C=N–C) groups is 1. The molecule has 0 bridgehead atoms. The Balaban J connectivity index is 0.00000312. The molecule has 0 unspecified atom stereocenters. The number of aromatic nitrogens is 1. The molecule has 0 amide bonds. The molecule has 25 heavy (non-hydrogen) atoms. The highest BCUT2D eigenvalue weighted by molar-refractivity contribution is 14.0. The van der Waals surface area contributed by atoms with E-state index in [2.05, 4.69) is 26.0 Å². The lowest BCUT2D eigenvalue weighted by atomic mass is 10.4. The van der Waals surface area contributed by atoms with Gasteiger partial charge in [0, 0.05) is 48.7 Å². The molecule has 0 radical (unpaired) electrons. The second kappa shape index (κ2) is 11.8. The number of nitrogens with zero attached hydrogens (tertiary/aromatic N) is 3. The van der Waals surface area contributed by atoms with Gasteiger partial charge in [-0.05, 0) is 24.3 Å². The summed E-state index contributed by atoms with van der Waals surface area (Å²) in [6, 6.07) is 7.89. The monoisotopic (exact) mass is 511 g/mol. The molecular formula is C16H23ClIN5S2. The molecule has 5 nitrogen and oxygen atoms in total. The molecule has 2 aromatic rings. The van der Waals surface area contributed by atoms with E-state index < -0.39 is 0 Å². The van der Waals surface area contributed by atoms with Crippen LogP contribution in [0.2, 0.25) is 5.02 Å². The van der Waals surface area contributed by atoms with Crippen molar-refractivity contribution in [3.8, 4) is 0 Å². The fraction of sp³-hybridized carbons (Fsp3) is 0.375. The Kier molecular flexibility index (Phi) is 10.6. The van der Waals surface area contributed by atoms with Gasteiger partial charge in [0.05, 0.1) is 12.2 Å². The average molecular weight is 512 g/mol. The van der Waals surface area contributed by atoms with Gasteiger partial charge in [-0.3, -0.25) is 4.99 Å². The molecule has 2 rings (SSSR count). The molecule has 0 aliphatic carbocycles. The summed E-state index contributed by atoms with van der Waals surface area (Å²) < 4.78 is 0. The molecule has 1 heterocycles. The minimum Gasteiger partial charge on any atom is -0.356 e. The maximum Gasteiger partial charge on any atom is 0.191 e. The first-order valence-electron chi connectivity index (χ1n) is 7.53. The Morgan fingerprint density at radius 1 is 1.28 bits per heavy atom. The standard InChI is InChI=1S/C16H22ClN5S2.HI/c1-18-15(20-10-13-11-24-16(21-13)22(2)3)19-8-9-23-14-6-4-12(17)5-7-14;/h4-7,11H,8-10H2,1-3H3,(H2,18,19,20);1H. The van der Waals surface area contributed by atoms with Crippen LogP contribution in [0.5, 0.6) is 0 Å². The normalized spacial score (nSPS) is 11.0. The third-order valence-corrected chi connectivity index (χ3v) is 5.38. The molecule has 2 N–H and O–H groups in total. The Labute approximate surface area is 179 Å². The summed E-state index contributed by atoms with van der Waals surface area (Å²) in [4.78, 5) is 12.0. The molecule has 1 aromatic carbocycles. The number of hydrogen-bond acceptors (Lipinski definition) is 5. The van der Waals surface area contributed by atoms with Crippen LogP contribution in [0.1, 0.15) is 5.69 Å². The molecular weight excluding hydrogens is 489 g/mol. The third kappa shape index (κ3) is 8.02. The van der Waals surface area contributed by atoms with E-state index in [1.807, 2.05) is 43.3 Å². The van der Waals surface area contributed by atoms with Crippen LogP contribution in [-0.2, 0) is 6.54 Å². The molecule has 0 saturated carbocycles. The van der Waals surface area contributed by atoms with E-state index >= 15 is 0 Å². The molecule has 138 valence electrons. The van der Waals surface area contributed by atoms with Crippen LogP contribution < -0.4 is 15.5 Å². The molecule has 0 spiro atoms. The molecule has 0 atom stereocenters. The topological polar surface area (TPSA) is 52.6 Å². The van der Waals surface area contributed by atoms with Gasteiger partial charge in [0.15, 0.2) is 11.1 Å². The molecule has 9 heteroatoms. The number of rotatable bonds is 7. The van der Waals surface area contributed by atoms with Crippen LogP contribution in [-0.4, -0.2) is 44.4 Å². The van der Waals surface area contributed by atoms with Gasteiger partial charge >= 0.3 is 0 Å². The zero-order chi connectivity index (χ0) is 17.4. The number of anilines is 1. The van der Waals surface area contributed by atoms with Crippen molar-refractivity contribution in [1.29, 1.82) is 0 Å². The second-order valence-electron chi connectivity index (χ2n) is 5.17. The smallest absolute Gasteiger partial charge is 0.191 e. The maximum atomic E-state index is 5.88. The van der Waals surface area contributed by atoms with Gasteiger partial charge in [-0.15, -0.1) is 47.1 Å². The summed E-state index contributed by atoms with van der Waals surface area (Å²) in [5, 5.41) is 10.4. The number of thiazole rings is 1. The van der Waals surface area contributed by atoms with Gasteiger partial charge in [-0.2, -0.15) is 0 Å². The van der Waals surface area contributed by atoms with E-state index in [0.717, 1.165) is 34.1 Å². The van der Waals surface area contributed by atoms with Gasteiger partial charge in [0.2, 0.25) is 0 Å². The van der Waals surface area contributed by atoms with Crippen molar-refractivity contribution in [3.05, 3.63) is 40.4 Å². The SMILES string of the molecule is CN=C(NCCSc1ccc(Cl)cc1)NCc1csc(N(C)C)n1.I. The van der Waals surface area contributed by atoms with Crippen LogP contribution >= 0.6 is 58.7 Å². The largest absolute Gasteiger partial charge is 0.356 e. The number of benzene rings is 1. The number of halogens is 2. The summed E-state index contributed by atoms with van der Waals surface area (Å²) in [5.41, 5.74) is 1.02. The Bertz CT molecular complexity index is 661. The van der Waals surface area contributed by atoms with E-state index in [0.29, 0.717) is 6.54 Å². The maximum absolute atomic E-state index is 5.88. The predicted octanol–water partition coefficient (Wildman–Crippen LogP) is 3.94. The zero-order valence-corrected chi connectivity index (χ0v) is 19.2. The van der Waals surface area contributed by atoms with Crippen LogP contribution in [0.25, 0.3) is 0 Å². The Morgan fingerprint density at radius 2 is 2.00 bits per heavy atom. The lowest BCUT2D eigenvalue weighted by Crippen LogP contribution is -2.38. The second-order valence-corrected chi connectivity index (χ2v) is 7.61. The van der Waals surface area contributed by atoms with Crippen molar-refractivity contribution < 1.29 is 0 Å². The van der Waals surface area contributed by atoms with Gasteiger partial charge in [0.25, 0.3) is 0 Å². The summed E-state index contributed by atoms with van der Waals surface area (Å²) in [7, 11) is 5.76. The first-order chi connectivity index (χ1) is 11.6. The fourth-order valence-corrected chi connectivity index (χ4v) is 3.50. The minimum absolute atomic E-state index is 0. The van der Waals surface area contributed by atoms with Crippen LogP contribution in [0.4, 0.5) is 5.13 Å². The van der Waals surface area contributed by atoms with Crippen molar-refractivity contribution in [2.24, 2.45) is 4.99 Å². The quantitative estimate of drug-likeness (QED) is 0.194. The lowest BCUT2D eigenvalue weighted by molar-refractivity contribution is 0.816. The van der Waals surface area contributed by atoms with Crippen LogP contribution in [0.15, 0.2) is 39.5 Å². The Morgan fingerprint density at radius 3 is 2.60 bits per heavy atom. The highest BCUT2D eigenvalue weighted by atomic mass is 127. The molecule has 0 fully saturated rings. The minimum atomic E-state index is 0. The van der Waals surface area contributed by atoms with E-state index in [9.17, 15) is 0 Å². The first-order valence-corrected chi connectivity index (χ1v) is 9.77. The molecule has 0 aliphatic heterocycles. The average Bonchev–Trinajstić information content (AvgIpc) is 3.05. The van der Waals surface area contributed by atoms with Crippen molar-refractivity contribution in [2.75, 3.05) is 38.3 Å². The van der Waals surface area contributed by atoms with Crippen molar-refractivity contribution in [1.82, 2.24) is 15.6 Å². The Hall–Kier alpha value is -0.710. The van der Waals surface area contributed by atoms with Gasteiger partial charge in [-0.25, -0.2) is 4.98 Å². The van der Waals surface area contributed by atoms with E-state index in [1.165, 1.54) is 4.90 Å². The summed E-state index contributed by atoms with van der Waals surface area (Å²) in [5.74, 6) is 1.73. The molecule has 1 aromatic heterocycles. The third-order valence-electron chi connectivity index (χ3n) is 3.06. The van der Waals surface area contributed by atoms with Gasteiger partial charge in [-0.1, -0.05) is 11.6 Å². The van der Waals surface area contributed by atoms with E-state index in [-0.39, 0.29) is 24.0 Å². The lowest BCUT2D eigenvalue weighted by Gasteiger charge is -2.11. The fourth-order valence-electron chi connectivity index (χ4n) is 1.85. The number of thioether (sulfide) groups is 1. The van der Waals surface area contributed by atoms with Crippen molar-refractivity contribution in [3.63, 3.8) is 0 Å². The van der Waals surface area contributed by atoms with Crippen molar-refractivity contribution in [2.45, 2.75) is 11.4 Å². The zero-order valence-electron chi connectivity index (χ0n) is 14.5. The number of hydrogen-bond donors (Lipinski definition) is 2. The summed E-state index contributed by atoms with van der Waals surface area (Å²) in [6.45, 7) is 1.49. The summed E-state index contributed by atoms with van der Waals surface area (Å²) >= 11 is 9.31. The number of nitrogens with one attached hydrogen (secondary N) is 2. The van der Waals surface area contributed by atoms with Crippen LogP contribution in [0, 0.1) is 0 Å². The van der Waals surface area contributed by atoms with Crippen molar-refractivity contribution >= 4 is 69.8 Å². The highest BCUT2D eigenvalue weighted by Crippen LogP contribution is 2.19. The van der Waals surface area contributed by atoms with Gasteiger partial charge < -0.3 is 15.5 Å². The van der Waals surface area contributed by atoms with Crippen LogP contribution in [0.3, 0.4) is 0 Å². The first kappa shape index (κ1) is 22.3. The predicted molar refractivity (Wildman–Crippen MR) is 122 cm³/mol. The highest BCUT2D eigenvalue weighted by Gasteiger charge is 2.04.